The van der Waals surface area contributed by atoms with Gasteiger partial charge in [0.2, 0.25) is 0 Å². The summed E-state index contributed by atoms with van der Waals surface area (Å²) < 4.78 is 0. The molecule has 0 radical (unpaired) electrons. The Morgan fingerprint density at radius 3 is 3.00 bits per heavy atom. The van der Waals surface area contributed by atoms with Gasteiger partial charge >= 0.3 is 0 Å². The Labute approximate surface area is 81.7 Å². The van der Waals surface area contributed by atoms with Gasteiger partial charge in [0.25, 0.3) is 0 Å². The lowest BCUT2D eigenvalue weighted by atomic mass is 10.3. The van der Waals surface area contributed by atoms with Crippen molar-refractivity contribution in [3.8, 4) is 0 Å². The maximum atomic E-state index is 8.77. The summed E-state index contributed by atoms with van der Waals surface area (Å²) in [6, 6.07) is 1.59. The molecule has 0 aliphatic rings. The standard InChI is InChI=1S/C8H12ClN3O/c1-5(4-13)12-8-2-7(10)6(9)3-11-8/h2-3,5,13H,4H2,1H3,(H3,10,11,12)/t5-/m0/s1. The topological polar surface area (TPSA) is 71.2 Å². The molecule has 5 heteroatoms. The maximum absolute atomic E-state index is 8.77. The number of aliphatic hydroxyl groups is 1. The Morgan fingerprint density at radius 2 is 2.46 bits per heavy atom. The SMILES string of the molecule is C[C@@H](CO)Nc1cc(N)c(Cl)cn1. The van der Waals surface area contributed by atoms with E-state index in [-0.39, 0.29) is 12.6 Å². The molecular formula is C8H12ClN3O. The van der Waals surface area contributed by atoms with Gasteiger partial charge in [0.1, 0.15) is 5.82 Å². The van der Waals surface area contributed by atoms with E-state index in [1.165, 1.54) is 6.20 Å². The first-order valence-electron chi connectivity index (χ1n) is 3.92. The molecule has 0 saturated heterocycles. The number of pyridine rings is 1. The van der Waals surface area contributed by atoms with E-state index in [9.17, 15) is 0 Å². The molecule has 1 rings (SSSR count). The lowest BCUT2D eigenvalue weighted by molar-refractivity contribution is 0.281. The maximum Gasteiger partial charge on any atom is 0.128 e. The molecule has 1 atom stereocenters. The highest BCUT2D eigenvalue weighted by atomic mass is 35.5. The molecule has 0 amide bonds. The minimum Gasteiger partial charge on any atom is -0.397 e. The van der Waals surface area contributed by atoms with E-state index in [1.807, 2.05) is 6.92 Å². The Morgan fingerprint density at radius 1 is 1.77 bits per heavy atom. The average Bonchev–Trinajstić information content (AvgIpc) is 2.11. The first-order chi connectivity index (χ1) is 6.13. The fraction of sp³-hybridized carbons (Fsp3) is 0.375. The molecule has 0 spiro atoms. The number of rotatable bonds is 3. The number of nitrogens with one attached hydrogen (secondary N) is 1. The highest BCUT2D eigenvalue weighted by molar-refractivity contribution is 6.32. The van der Waals surface area contributed by atoms with Crippen molar-refractivity contribution >= 4 is 23.1 Å². The summed E-state index contributed by atoms with van der Waals surface area (Å²) in [4.78, 5) is 3.99. The van der Waals surface area contributed by atoms with Crippen molar-refractivity contribution < 1.29 is 5.11 Å². The number of hydrogen-bond donors (Lipinski definition) is 3. The van der Waals surface area contributed by atoms with Gasteiger partial charge in [0.15, 0.2) is 0 Å². The molecule has 0 aliphatic carbocycles. The van der Waals surface area contributed by atoms with Crippen molar-refractivity contribution in [2.24, 2.45) is 0 Å². The second kappa shape index (κ2) is 4.30. The zero-order valence-corrected chi connectivity index (χ0v) is 8.04. The molecule has 0 bridgehead atoms. The smallest absolute Gasteiger partial charge is 0.128 e. The zero-order chi connectivity index (χ0) is 9.84. The molecule has 1 heterocycles. The molecule has 0 saturated carbocycles. The predicted octanol–water partition coefficient (Wildman–Crippen LogP) is 1.11. The van der Waals surface area contributed by atoms with Gasteiger partial charge in [-0.15, -0.1) is 0 Å². The fourth-order valence-electron chi connectivity index (χ4n) is 0.831. The van der Waals surface area contributed by atoms with E-state index in [0.717, 1.165) is 0 Å². The Kier molecular flexibility index (Phi) is 3.33. The van der Waals surface area contributed by atoms with Gasteiger partial charge < -0.3 is 16.2 Å². The molecule has 4 nitrogen and oxygen atoms in total. The highest BCUT2D eigenvalue weighted by Gasteiger charge is 2.02. The molecule has 4 N–H and O–H groups in total. The first kappa shape index (κ1) is 10.1. The second-order valence-electron chi connectivity index (χ2n) is 2.82. The minimum atomic E-state index is -0.0481. The number of anilines is 2. The van der Waals surface area contributed by atoms with E-state index < -0.39 is 0 Å². The zero-order valence-electron chi connectivity index (χ0n) is 7.29. The van der Waals surface area contributed by atoms with Gasteiger partial charge in [-0.2, -0.15) is 0 Å². The largest absolute Gasteiger partial charge is 0.397 e. The van der Waals surface area contributed by atoms with E-state index in [0.29, 0.717) is 16.5 Å². The number of hydrogen-bond acceptors (Lipinski definition) is 4. The van der Waals surface area contributed by atoms with E-state index in [2.05, 4.69) is 10.3 Å². The molecule has 1 aromatic rings. The van der Waals surface area contributed by atoms with Crippen LogP contribution in [0.3, 0.4) is 0 Å². The normalized spacial score (nSPS) is 12.5. The van der Waals surface area contributed by atoms with Crippen molar-refractivity contribution in [3.05, 3.63) is 17.3 Å². The number of nitrogens with two attached hydrogens (primary N) is 1. The third-order valence-corrected chi connectivity index (χ3v) is 1.87. The van der Waals surface area contributed by atoms with Crippen LogP contribution in [0.5, 0.6) is 0 Å². The summed E-state index contributed by atoms with van der Waals surface area (Å²) in [5.74, 6) is 0.614. The summed E-state index contributed by atoms with van der Waals surface area (Å²) in [5.41, 5.74) is 6.04. The van der Waals surface area contributed by atoms with Crippen LogP contribution in [0, 0.1) is 0 Å². The average molecular weight is 202 g/mol. The second-order valence-corrected chi connectivity index (χ2v) is 3.23. The van der Waals surface area contributed by atoms with Crippen LogP contribution in [0.2, 0.25) is 5.02 Å². The Hall–Kier alpha value is -1.00. The molecule has 0 aliphatic heterocycles. The summed E-state index contributed by atoms with van der Waals surface area (Å²) in [5, 5.41) is 12.2. The minimum absolute atomic E-state index is 0.0458. The summed E-state index contributed by atoms with van der Waals surface area (Å²) in [6.45, 7) is 1.89. The van der Waals surface area contributed by atoms with Gasteiger partial charge in [0, 0.05) is 18.3 Å². The van der Waals surface area contributed by atoms with Gasteiger partial charge in [-0.05, 0) is 6.92 Å². The summed E-state index contributed by atoms with van der Waals surface area (Å²) in [7, 11) is 0. The van der Waals surface area contributed by atoms with Crippen molar-refractivity contribution in [3.63, 3.8) is 0 Å². The highest BCUT2D eigenvalue weighted by Crippen LogP contribution is 2.19. The monoisotopic (exact) mass is 201 g/mol. The number of aliphatic hydroxyl groups excluding tert-OH is 1. The van der Waals surface area contributed by atoms with Crippen LogP contribution in [0.25, 0.3) is 0 Å². The molecule has 72 valence electrons. The third kappa shape index (κ3) is 2.75. The van der Waals surface area contributed by atoms with Gasteiger partial charge in [-0.1, -0.05) is 11.6 Å². The van der Waals surface area contributed by atoms with Gasteiger partial charge in [-0.25, -0.2) is 4.98 Å². The summed E-state index contributed by atoms with van der Waals surface area (Å²) >= 11 is 5.69. The molecule has 0 fully saturated rings. The third-order valence-electron chi connectivity index (χ3n) is 1.55. The van der Waals surface area contributed by atoms with Crippen molar-refractivity contribution in [2.75, 3.05) is 17.7 Å². The van der Waals surface area contributed by atoms with Crippen molar-refractivity contribution in [2.45, 2.75) is 13.0 Å². The van der Waals surface area contributed by atoms with Crippen molar-refractivity contribution in [1.29, 1.82) is 0 Å². The van der Waals surface area contributed by atoms with Crippen LogP contribution >= 0.6 is 11.6 Å². The molecule has 0 unspecified atom stereocenters. The number of aromatic nitrogens is 1. The number of nitrogens with zero attached hydrogens (tertiary/aromatic N) is 1. The van der Waals surface area contributed by atoms with Crippen LogP contribution in [0.4, 0.5) is 11.5 Å². The van der Waals surface area contributed by atoms with Crippen LogP contribution in [0.1, 0.15) is 6.92 Å². The van der Waals surface area contributed by atoms with Gasteiger partial charge in [-0.3, -0.25) is 0 Å². The van der Waals surface area contributed by atoms with E-state index in [4.69, 9.17) is 22.4 Å². The predicted molar refractivity (Wildman–Crippen MR) is 53.8 cm³/mol. The number of halogens is 1. The van der Waals surface area contributed by atoms with Gasteiger partial charge in [0.05, 0.1) is 17.3 Å². The lowest BCUT2D eigenvalue weighted by Crippen LogP contribution is -2.20. The lowest BCUT2D eigenvalue weighted by Gasteiger charge is -2.11. The van der Waals surface area contributed by atoms with Crippen LogP contribution in [-0.4, -0.2) is 22.7 Å². The molecule has 13 heavy (non-hydrogen) atoms. The summed E-state index contributed by atoms with van der Waals surface area (Å²) in [6.07, 6.45) is 1.48. The van der Waals surface area contributed by atoms with Crippen LogP contribution in [0.15, 0.2) is 12.3 Å². The number of nitrogen functional groups attached to an aromatic ring is 1. The first-order valence-corrected chi connectivity index (χ1v) is 4.29. The van der Waals surface area contributed by atoms with Crippen LogP contribution < -0.4 is 11.1 Å². The van der Waals surface area contributed by atoms with E-state index >= 15 is 0 Å². The molecular weight excluding hydrogens is 190 g/mol. The molecule has 1 aromatic heterocycles. The quantitative estimate of drug-likeness (QED) is 0.685. The Bertz CT molecular complexity index is 293. The van der Waals surface area contributed by atoms with Crippen molar-refractivity contribution in [1.82, 2.24) is 4.98 Å². The fourth-order valence-corrected chi connectivity index (χ4v) is 0.935. The van der Waals surface area contributed by atoms with Crippen LogP contribution in [-0.2, 0) is 0 Å². The van der Waals surface area contributed by atoms with E-state index in [1.54, 1.807) is 6.07 Å². The Balaban J connectivity index is 2.73. The molecule has 0 aromatic carbocycles.